The van der Waals surface area contributed by atoms with Crippen LogP contribution >= 0.6 is 0 Å². The molecule has 1 heteroatoms. The van der Waals surface area contributed by atoms with Gasteiger partial charge >= 0.3 is 0 Å². The Kier molecular flexibility index (Phi) is 2.26. The summed E-state index contributed by atoms with van der Waals surface area (Å²) < 4.78 is 2.15. The van der Waals surface area contributed by atoms with Crippen molar-refractivity contribution in [3.05, 3.63) is 42.1 Å². The Morgan fingerprint density at radius 2 is 1.80 bits per heavy atom. The van der Waals surface area contributed by atoms with Crippen LogP contribution in [-0.4, -0.2) is 0 Å². The number of aryl methyl sites for hydroxylation is 1. The summed E-state index contributed by atoms with van der Waals surface area (Å²) in [7, 11) is 2.08. The van der Waals surface area contributed by atoms with Crippen LogP contribution in [0.25, 0.3) is 10.9 Å². The van der Waals surface area contributed by atoms with Crippen molar-refractivity contribution in [1.29, 1.82) is 0 Å². The Bertz CT molecular complexity index is 492. The van der Waals surface area contributed by atoms with Gasteiger partial charge < -0.3 is 0 Å². The molecule has 0 saturated carbocycles. The van der Waals surface area contributed by atoms with E-state index in [2.05, 4.69) is 68.9 Å². The third kappa shape index (κ3) is 1.87. The summed E-state index contributed by atoms with van der Waals surface area (Å²) in [6, 6.07) is 11.0. The van der Waals surface area contributed by atoms with Gasteiger partial charge in [-0.3, -0.25) is 0 Å². The number of hydrogen-bond acceptors (Lipinski definition) is 0. The fraction of sp³-hybridized carbons (Fsp3) is 0.357. The zero-order chi connectivity index (χ0) is 11.1. The third-order valence-corrected chi connectivity index (χ3v) is 2.86. The van der Waals surface area contributed by atoms with Gasteiger partial charge in [-0.05, 0) is 23.1 Å². The topological polar surface area (TPSA) is 3.88 Å². The van der Waals surface area contributed by atoms with Crippen LogP contribution in [0.1, 0.15) is 26.3 Å². The minimum Gasteiger partial charge on any atom is -0.201 e. The van der Waals surface area contributed by atoms with E-state index in [0.29, 0.717) is 0 Å². The van der Waals surface area contributed by atoms with Gasteiger partial charge in [0, 0.05) is 17.5 Å². The molecule has 0 aliphatic rings. The fourth-order valence-corrected chi connectivity index (χ4v) is 1.83. The summed E-state index contributed by atoms with van der Waals surface area (Å²) in [4.78, 5) is 0. The minimum absolute atomic E-state index is 0.225. The number of hydrogen-bond donors (Lipinski definition) is 0. The molecule has 78 valence electrons. The predicted octanol–water partition coefficient (Wildman–Crippen LogP) is 2.96. The highest BCUT2D eigenvalue weighted by atomic mass is 14.9. The van der Waals surface area contributed by atoms with Crippen molar-refractivity contribution in [2.24, 2.45) is 7.05 Å². The monoisotopic (exact) mass is 200 g/mol. The van der Waals surface area contributed by atoms with Crippen LogP contribution in [0.4, 0.5) is 0 Å². The summed E-state index contributed by atoms with van der Waals surface area (Å²) in [5, 5.41) is 1.31. The van der Waals surface area contributed by atoms with Crippen LogP contribution in [0.3, 0.4) is 0 Å². The second-order valence-electron chi connectivity index (χ2n) is 5.14. The van der Waals surface area contributed by atoms with E-state index in [1.807, 2.05) is 0 Å². The number of pyridine rings is 1. The fourth-order valence-electron chi connectivity index (χ4n) is 1.83. The highest BCUT2D eigenvalue weighted by Crippen LogP contribution is 2.24. The zero-order valence-corrected chi connectivity index (χ0v) is 9.91. The Balaban J connectivity index is 2.68. The first-order valence-electron chi connectivity index (χ1n) is 5.37. The van der Waals surface area contributed by atoms with Crippen molar-refractivity contribution in [1.82, 2.24) is 0 Å². The Morgan fingerprint density at radius 1 is 1.07 bits per heavy atom. The molecule has 0 unspecified atom stereocenters. The van der Waals surface area contributed by atoms with Gasteiger partial charge in [0.1, 0.15) is 7.05 Å². The molecule has 0 bridgehead atoms. The second kappa shape index (κ2) is 3.34. The summed E-state index contributed by atoms with van der Waals surface area (Å²) >= 11 is 0. The smallest absolute Gasteiger partial charge is 0.201 e. The summed E-state index contributed by atoms with van der Waals surface area (Å²) in [5.41, 5.74) is 2.90. The van der Waals surface area contributed by atoms with Crippen LogP contribution in [-0.2, 0) is 12.5 Å². The molecular weight excluding hydrogens is 182 g/mol. The molecule has 1 aromatic heterocycles. The van der Waals surface area contributed by atoms with Gasteiger partial charge in [0.2, 0.25) is 5.52 Å². The molecule has 0 atom stereocenters. The van der Waals surface area contributed by atoms with Gasteiger partial charge in [0.05, 0.1) is 0 Å². The molecule has 0 N–H and O–H groups in total. The Labute approximate surface area is 91.4 Å². The van der Waals surface area contributed by atoms with Crippen molar-refractivity contribution in [2.75, 3.05) is 0 Å². The normalized spacial score (nSPS) is 12.0. The first kappa shape index (κ1) is 10.2. The number of benzene rings is 1. The predicted molar refractivity (Wildman–Crippen MR) is 63.8 cm³/mol. The van der Waals surface area contributed by atoms with E-state index in [9.17, 15) is 0 Å². The molecule has 0 amide bonds. The van der Waals surface area contributed by atoms with Crippen molar-refractivity contribution in [2.45, 2.75) is 26.2 Å². The first-order chi connectivity index (χ1) is 6.98. The first-order valence-corrected chi connectivity index (χ1v) is 5.37. The van der Waals surface area contributed by atoms with Gasteiger partial charge in [-0.2, -0.15) is 0 Å². The zero-order valence-electron chi connectivity index (χ0n) is 9.91. The highest BCUT2D eigenvalue weighted by molar-refractivity contribution is 5.76. The highest BCUT2D eigenvalue weighted by Gasteiger charge is 2.15. The maximum atomic E-state index is 2.29. The lowest BCUT2D eigenvalue weighted by molar-refractivity contribution is -0.644. The largest absolute Gasteiger partial charge is 0.212 e. The molecule has 0 spiro atoms. The Hall–Kier alpha value is -1.37. The van der Waals surface area contributed by atoms with Crippen molar-refractivity contribution >= 4 is 10.9 Å². The SMILES string of the molecule is C[n+]1cccc2cc(C(C)(C)C)ccc21. The quantitative estimate of drug-likeness (QED) is 0.576. The van der Waals surface area contributed by atoms with E-state index in [-0.39, 0.29) is 5.41 Å². The van der Waals surface area contributed by atoms with Crippen molar-refractivity contribution in [3.63, 3.8) is 0 Å². The molecule has 15 heavy (non-hydrogen) atoms. The van der Waals surface area contributed by atoms with Gasteiger partial charge in [-0.15, -0.1) is 0 Å². The van der Waals surface area contributed by atoms with E-state index in [1.165, 1.54) is 16.5 Å². The average molecular weight is 200 g/mol. The van der Waals surface area contributed by atoms with E-state index >= 15 is 0 Å². The number of nitrogens with zero attached hydrogens (tertiary/aromatic N) is 1. The Morgan fingerprint density at radius 3 is 2.47 bits per heavy atom. The maximum absolute atomic E-state index is 2.29. The summed E-state index contributed by atoms with van der Waals surface area (Å²) in [6.07, 6.45) is 2.08. The molecule has 1 nitrogen and oxygen atoms in total. The summed E-state index contributed by atoms with van der Waals surface area (Å²) in [6.45, 7) is 6.74. The van der Waals surface area contributed by atoms with E-state index in [4.69, 9.17) is 0 Å². The molecule has 2 rings (SSSR count). The molecule has 0 aliphatic heterocycles. The van der Waals surface area contributed by atoms with E-state index in [0.717, 1.165) is 0 Å². The van der Waals surface area contributed by atoms with E-state index < -0.39 is 0 Å². The van der Waals surface area contributed by atoms with Crippen LogP contribution in [0.5, 0.6) is 0 Å². The molecule has 1 aromatic carbocycles. The molecule has 1 heterocycles. The van der Waals surface area contributed by atoms with Crippen molar-refractivity contribution in [3.8, 4) is 0 Å². The van der Waals surface area contributed by atoms with Gasteiger partial charge in [-0.1, -0.05) is 26.8 Å². The summed E-state index contributed by atoms with van der Waals surface area (Å²) in [5.74, 6) is 0. The van der Waals surface area contributed by atoms with Crippen LogP contribution in [0.2, 0.25) is 0 Å². The van der Waals surface area contributed by atoms with Crippen molar-refractivity contribution < 1.29 is 4.57 Å². The lowest BCUT2D eigenvalue weighted by Crippen LogP contribution is -2.28. The van der Waals surface area contributed by atoms with Gasteiger partial charge in [-0.25, -0.2) is 4.57 Å². The molecule has 0 aliphatic carbocycles. The number of rotatable bonds is 0. The van der Waals surface area contributed by atoms with Crippen LogP contribution < -0.4 is 4.57 Å². The molecular formula is C14H18N+. The maximum Gasteiger partial charge on any atom is 0.212 e. The lowest BCUT2D eigenvalue weighted by Gasteiger charge is -2.18. The second-order valence-corrected chi connectivity index (χ2v) is 5.14. The van der Waals surface area contributed by atoms with Gasteiger partial charge in [0.25, 0.3) is 0 Å². The van der Waals surface area contributed by atoms with Gasteiger partial charge in [0.15, 0.2) is 6.20 Å². The molecule has 0 saturated heterocycles. The average Bonchev–Trinajstić information content (AvgIpc) is 2.16. The van der Waals surface area contributed by atoms with Crippen LogP contribution in [0.15, 0.2) is 36.5 Å². The van der Waals surface area contributed by atoms with E-state index in [1.54, 1.807) is 0 Å². The minimum atomic E-state index is 0.225. The third-order valence-electron chi connectivity index (χ3n) is 2.86. The lowest BCUT2D eigenvalue weighted by atomic mass is 9.86. The molecule has 0 fully saturated rings. The molecule has 0 radical (unpaired) electrons. The number of aromatic nitrogens is 1. The number of fused-ring (bicyclic) bond motifs is 1. The molecule has 2 aromatic rings. The standard InChI is InChI=1S/C14H18N/c1-14(2,3)12-7-8-13-11(10-12)6-5-9-15(13)4/h5-10H,1-4H3/q+1. The van der Waals surface area contributed by atoms with Crippen LogP contribution in [0, 0.1) is 0 Å².